The fourth-order valence-corrected chi connectivity index (χ4v) is 6.07. The van der Waals surface area contributed by atoms with Crippen molar-refractivity contribution in [1.82, 2.24) is 9.88 Å². The highest BCUT2D eigenvalue weighted by Gasteiger charge is 2.50. The van der Waals surface area contributed by atoms with Crippen molar-refractivity contribution in [3.63, 3.8) is 0 Å². The maximum Gasteiger partial charge on any atom is 0.508 e. The predicted molar refractivity (Wildman–Crippen MR) is 149 cm³/mol. The molecule has 39 heavy (non-hydrogen) atoms. The molecule has 10 heteroatoms. The van der Waals surface area contributed by atoms with Crippen LogP contribution in [0.25, 0.3) is 6.08 Å². The lowest BCUT2D eigenvalue weighted by molar-refractivity contribution is -0.149. The lowest BCUT2D eigenvalue weighted by atomic mass is 10.0. The smallest absolute Gasteiger partial charge is 0.448 e. The highest BCUT2D eigenvalue weighted by molar-refractivity contribution is 8.00. The van der Waals surface area contributed by atoms with E-state index in [4.69, 9.17) is 14.2 Å². The van der Waals surface area contributed by atoms with E-state index in [1.165, 1.54) is 34.1 Å². The Hall–Kier alpha value is -4.15. The first-order valence-corrected chi connectivity index (χ1v) is 14.0. The van der Waals surface area contributed by atoms with E-state index in [0.29, 0.717) is 21.9 Å². The van der Waals surface area contributed by atoms with Gasteiger partial charge in [0.1, 0.15) is 29.3 Å². The van der Waals surface area contributed by atoms with Gasteiger partial charge in [-0.3, -0.25) is 9.69 Å². The van der Waals surface area contributed by atoms with Crippen LogP contribution in [0.1, 0.15) is 22.2 Å². The lowest BCUT2D eigenvalue weighted by Crippen LogP contribution is -2.56. The van der Waals surface area contributed by atoms with Crippen LogP contribution < -0.4 is 0 Å². The Morgan fingerprint density at radius 2 is 1.77 bits per heavy atom. The second kappa shape index (κ2) is 12.1. The van der Waals surface area contributed by atoms with Gasteiger partial charge in [-0.25, -0.2) is 14.6 Å². The number of thiazole rings is 1. The molecule has 5 rings (SSSR count). The normalized spacial score (nSPS) is 17.5. The summed E-state index contributed by atoms with van der Waals surface area (Å²) in [5.74, 6) is -0.653. The van der Waals surface area contributed by atoms with Gasteiger partial charge >= 0.3 is 12.1 Å². The zero-order chi connectivity index (χ0) is 27.2. The van der Waals surface area contributed by atoms with Crippen molar-refractivity contribution in [2.75, 3.05) is 19.0 Å². The van der Waals surface area contributed by atoms with Crippen molar-refractivity contribution < 1.29 is 28.6 Å². The number of fused-ring (bicyclic) bond motifs is 1. The summed E-state index contributed by atoms with van der Waals surface area (Å²) in [5, 5.41) is 2.16. The van der Waals surface area contributed by atoms with E-state index in [-0.39, 0.29) is 30.2 Å². The van der Waals surface area contributed by atoms with Crippen molar-refractivity contribution in [1.29, 1.82) is 0 Å². The number of amides is 1. The second-order valence-corrected chi connectivity index (χ2v) is 10.5. The minimum Gasteiger partial charge on any atom is -0.448 e. The average molecular weight is 561 g/mol. The molecule has 8 nitrogen and oxygen atoms in total. The van der Waals surface area contributed by atoms with E-state index in [2.05, 4.69) is 11.6 Å². The Kier molecular flexibility index (Phi) is 8.24. The van der Waals surface area contributed by atoms with Gasteiger partial charge in [-0.05, 0) is 17.2 Å². The van der Waals surface area contributed by atoms with Crippen LogP contribution in [0.2, 0.25) is 0 Å². The molecule has 2 aliphatic rings. The van der Waals surface area contributed by atoms with Crippen molar-refractivity contribution >= 4 is 47.2 Å². The number of hydrogen-bond donors (Lipinski definition) is 0. The van der Waals surface area contributed by atoms with Crippen LogP contribution in [-0.4, -0.2) is 52.3 Å². The number of benzene rings is 2. The molecule has 0 N–H and O–H groups in total. The van der Waals surface area contributed by atoms with Crippen LogP contribution in [0, 0.1) is 0 Å². The van der Waals surface area contributed by atoms with Gasteiger partial charge in [0.2, 0.25) is 0 Å². The summed E-state index contributed by atoms with van der Waals surface area (Å²) in [6, 6.07) is 18.8. The molecule has 1 fully saturated rings. The number of β-lactam (4-membered cyclic amide) rings is 1. The summed E-state index contributed by atoms with van der Waals surface area (Å²) >= 11 is 2.88. The van der Waals surface area contributed by atoms with Gasteiger partial charge in [0.25, 0.3) is 5.91 Å². The van der Waals surface area contributed by atoms with E-state index in [1.54, 1.807) is 12.3 Å². The summed E-state index contributed by atoms with van der Waals surface area (Å²) in [5.41, 5.74) is 2.65. The monoisotopic (exact) mass is 560 g/mol. The van der Waals surface area contributed by atoms with Crippen LogP contribution in [0.3, 0.4) is 0 Å². The molecule has 0 unspecified atom stereocenters. The van der Waals surface area contributed by atoms with E-state index in [1.807, 2.05) is 66.0 Å². The molecule has 3 heterocycles. The van der Waals surface area contributed by atoms with Gasteiger partial charge in [0.15, 0.2) is 6.10 Å². The van der Waals surface area contributed by atoms with Crippen LogP contribution in [0.4, 0.5) is 4.79 Å². The van der Waals surface area contributed by atoms with Crippen molar-refractivity contribution in [2.45, 2.75) is 11.5 Å². The fourth-order valence-electron chi connectivity index (χ4n) is 4.21. The number of carbonyl (C=O) groups excluding carboxylic acids is 3. The average Bonchev–Trinajstić information content (AvgIpc) is 3.50. The standard InChI is InChI=1S/C29H24N2O6S2/c1-2-14-35-29(34)36-17-21-18-39-27-22(16-23-30-13-15-38-23)26(32)31(27)24(21)28(33)37-25(19-9-5-3-6-10-19)20-11-7-4-8-12-20/h2-13,15-16,25,27H,1,14,17-18H2/b22-16-/t27-/m1/s1. The van der Waals surface area contributed by atoms with Crippen LogP contribution in [0.15, 0.2) is 102 Å². The summed E-state index contributed by atoms with van der Waals surface area (Å²) in [6.45, 7) is 3.27. The lowest BCUT2D eigenvalue weighted by Gasteiger charge is -2.46. The Morgan fingerprint density at radius 1 is 1.08 bits per heavy atom. The topological polar surface area (TPSA) is 95.0 Å². The van der Waals surface area contributed by atoms with Crippen LogP contribution >= 0.6 is 23.1 Å². The van der Waals surface area contributed by atoms with Gasteiger partial charge in [-0.2, -0.15) is 0 Å². The quantitative estimate of drug-likeness (QED) is 0.149. The molecule has 198 valence electrons. The van der Waals surface area contributed by atoms with Gasteiger partial charge in [-0.15, -0.1) is 23.1 Å². The molecule has 1 amide bonds. The highest BCUT2D eigenvalue weighted by Crippen LogP contribution is 2.45. The maximum atomic E-state index is 13.8. The summed E-state index contributed by atoms with van der Waals surface area (Å²) in [6.07, 6.45) is 3.24. The van der Waals surface area contributed by atoms with Crippen molar-refractivity contribution in [2.24, 2.45) is 0 Å². The molecule has 0 saturated carbocycles. The zero-order valence-corrected chi connectivity index (χ0v) is 22.4. The molecule has 2 aliphatic heterocycles. The van der Waals surface area contributed by atoms with Gasteiger partial charge < -0.3 is 14.2 Å². The summed E-state index contributed by atoms with van der Waals surface area (Å²) in [4.78, 5) is 44.8. The van der Waals surface area contributed by atoms with Gasteiger partial charge in [0.05, 0.1) is 5.57 Å². The van der Waals surface area contributed by atoms with Crippen molar-refractivity contribution in [3.8, 4) is 0 Å². The number of carbonyl (C=O) groups is 3. The number of rotatable bonds is 9. The molecule has 0 radical (unpaired) electrons. The minimum atomic E-state index is -0.895. The molecule has 2 aromatic carbocycles. The molecule has 0 bridgehead atoms. The second-order valence-electron chi connectivity index (χ2n) is 8.51. The Balaban J connectivity index is 1.46. The Labute approximate surface area is 233 Å². The molecular formula is C29H24N2O6S2. The van der Waals surface area contributed by atoms with E-state index in [0.717, 1.165) is 11.1 Å². The van der Waals surface area contributed by atoms with Gasteiger partial charge in [0, 0.05) is 22.9 Å². The number of hydrogen-bond acceptors (Lipinski definition) is 9. The molecule has 1 aromatic heterocycles. The third kappa shape index (κ3) is 5.81. The van der Waals surface area contributed by atoms with Crippen molar-refractivity contribution in [3.05, 3.63) is 118 Å². The molecule has 0 spiro atoms. The zero-order valence-electron chi connectivity index (χ0n) is 20.7. The first-order valence-electron chi connectivity index (χ1n) is 12.1. The minimum absolute atomic E-state index is 0.00500. The van der Waals surface area contributed by atoms with E-state index >= 15 is 0 Å². The van der Waals surface area contributed by atoms with Crippen LogP contribution in [-0.2, 0) is 23.8 Å². The highest BCUT2D eigenvalue weighted by atomic mass is 32.2. The predicted octanol–water partition coefficient (Wildman–Crippen LogP) is 5.37. The van der Waals surface area contributed by atoms with Gasteiger partial charge in [-0.1, -0.05) is 73.3 Å². The summed E-state index contributed by atoms with van der Waals surface area (Å²) in [7, 11) is 0. The largest absolute Gasteiger partial charge is 0.508 e. The molecule has 0 aliphatic carbocycles. The fraction of sp³-hybridized carbons (Fsp3) is 0.172. The van der Waals surface area contributed by atoms with E-state index < -0.39 is 18.2 Å². The molecular weight excluding hydrogens is 536 g/mol. The number of nitrogens with zero attached hydrogens (tertiary/aromatic N) is 2. The Bertz CT molecular complexity index is 1380. The maximum absolute atomic E-state index is 13.8. The first kappa shape index (κ1) is 26.5. The molecule has 1 saturated heterocycles. The number of esters is 1. The van der Waals surface area contributed by atoms with E-state index in [9.17, 15) is 14.4 Å². The third-order valence-corrected chi connectivity index (χ3v) is 8.01. The Morgan fingerprint density at radius 3 is 2.38 bits per heavy atom. The molecule has 3 aromatic rings. The number of aromatic nitrogens is 1. The SMILES string of the molecule is C=CCOC(=O)OCC1=C(C(=O)OC(c2ccccc2)c2ccccc2)N2C(=O)/C(=C/c3nccs3)[C@H]2SC1. The third-order valence-electron chi connectivity index (χ3n) is 5.99. The first-order chi connectivity index (χ1) is 19.1. The molecule has 1 atom stereocenters. The number of thioether (sulfide) groups is 1. The number of ether oxygens (including phenoxy) is 3. The van der Waals surface area contributed by atoms with Crippen LogP contribution in [0.5, 0.6) is 0 Å². The summed E-state index contributed by atoms with van der Waals surface area (Å²) < 4.78 is 16.2.